The molecule has 1 amide bonds. The molecule has 0 aliphatic rings. The Morgan fingerprint density at radius 1 is 1.35 bits per heavy atom. The van der Waals surface area contributed by atoms with E-state index in [0.717, 1.165) is 9.90 Å². The van der Waals surface area contributed by atoms with E-state index in [-0.39, 0.29) is 5.91 Å². The third-order valence-corrected chi connectivity index (χ3v) is 5.25. The number of carbonyl (C=O) groups excluding carboxylic acids is 1. The van der Waals surface area contributed by atoms with E-state index in [4.69, 9.17) is 9.26 Å². The Labute approximate surface area is 158 Å². The number of hydrogen-bond acceptors (Lipinski definition) is 9. The van der Waals surface area contributed by atoms with Crippen LogP contribution in [-0.4, -0.2) is 39.6 Å². The largest absolute Gasteiger partial charge is 0.496 e. The van der Waals surface area contributed by atoms with E-state index in [1.54, 1.807) is 7.11 Å². The highest BCUT2D eigenvalue weighted by molar-refractivity contribution is 8.00. The van der Waals surface area contributed by atoms with E-state index in [9.17, 15) is 4.79 Å². The van der Waals surface area contributed by atoms with Crippen molar-refractivity contribution in [2.75, 3.05) is 18.7 Å². The molecule has 2 aromatic heterocycles. The summed E-state index contributed by atoms with van der Waals surface area (Å²) >= 11 is 2.84. The van der Waals surface area contributed by atoms with Crippen molar-refractivity contribution in [2.45, 2.75) is 23.6 Å². The van der Waals surface area contributed by atoms with Gasteiger partial charge in [0.1, 0.15) is 5.75 Å². The number of hydrogen-bond donors (Lipinski definition) is 1. The average molecular weight is 391 g/mol. The van der Waals surface area contributed by atoms with Crippen molar-refractivity contribution in [3.05, 3.63) is 30.2 Å². The van der Waals surface area contributed by atoms with Crippen LogP contribution in [0.25, 0.3) is 11.4 Å². The molecule has 10 heteroatoms. The van der Waals surface area contributed by atoms with Crippen molar-refractivity contribution < 1.29 is 14.1 Å². The SMILES string of the molecule is COc1ccccc1-c1noc(CCCC(=O)Nc2nnc(SC)s2)n1. The number of nitrogens with zero attached hydrogens (tertiary/aromatic N) is 4. The van der Waals surface area contributed by atoms with E-state index >= 15 is 0 Å². The monoisotopic (exact) mass is 391 g/mol. The van der Waals surface area contributed by atoms with Crippen LogP contribution < -0.4 is 10.1 Å². The molecule has 3 rings (SSSR count). The fraction of sp³-hybridized carbons (Fsp3) is 0.312. The van der Waals surface area contributed by atoms with Crippen LogP contribution >= 0.6 is 23.1 Å². The van der Waals surface area contributed by atoms with Crippen LogP contribution in [0, 0.1) is 0 Å². The summed E-state index contributed by atoms with van der Waals surface area (Å²) in [6.45, 7) is 0. The Kier molecular flexibility index (Phi) is 6.18. The summed E-state index contributed by atoms with van der Waals surface area (Å²) in [5.41, 5.74) is 0.767. The van der Waals surface area contributed by atoms with Gasteiger partial charge < -0.3 is 14.6 Å². The molecule has 1 N–H and O–H groups in total. The smallest absolute Gasteiger partial charge is 0.226 e. The number of para-hydroxylation sites is 1. The molecular weight excluding hydrogens is 374 g/mol. The van der Waals surface area contributed by atoms with Gasteiger partial charge in [-0.1, -0.05) is 40.4 Å². The lowest BCUT2D eigenvalue weighted by atomic mass is 10.2. The third kappa shape index (κ3) is 4.58. The van der Waals surface area contributed by atoms with Gasteiger partial charge in [-0.2, -0.15) is 4.98 Å². The Morgan fingerprint density at radius 2 is 2.19 bits per heavy atom. The number of anilines is 1. The molecule has 2 heterocycles. The summed E-state index contributed by atoms with van der Waals surface area (Å²) in [6, 6.07) is 7.47. The molecular formula is C16H17N5O3S2. The summed E-state index contributed by atoms with van der Waals surface area (Å²) in [5, 5.41) is 15.1. The molecule has 0 atom stereocenters. The Balaban J connectivity index is 1.51. The van der Waals surface area contributed by atoms with Crippen molar-refractivity contribution in [1.82, 2.24) is 20.3 Å². The third-order valence-electron chi connectivity index (χ3n) is 3.44. The van der Waals surface area contributed by atoms with E-state index < -0.39 is 0 Å². The lowest BCUT2D eigenvalue weighted by molar-refractivity contribution is -0.116. The first-order chi connectivity index (χ1) is 12.7. The van der Waals surface area contributed by atoms with Gasteiger partial charge in [-0.3, -0.25) is 4.79 Å². The maximum absolute atomic E-state index is 11.9. The van der Waals surface area contributed by atoms with Crippen molar-refractivity contribution >= 4 is 34.1 Å². The van der Waals surface area contributed by atoms with Crippen LogP contribution in [0.5, 0.6) is 5.75 Å². The highest BCUT2D eigenvalue weighted by Crippen LogP contribution is 2.27. The Morgan fingerprint density at radius 3 is 2.96 bits per heavy atom. The van der Waals surface area contributed by atoms with Gasteiger partial charge in [0.2, 0.25) is 22.8 Å². The lowest BCUT2D eigenvalue weighted by Gasteiger charge is -2.03. The second-order valence-corrected chi connectivity index (χ2v) is 7.22. The summed E-state index contributed by atoms with van der Waals surface area (Å²) in [5.74, 6) is 1.53. The topological polar surface area (TPSA) is 103 Å². The van der Waals surface area contributed by atoms with Crippen LogP contribution in [0.1, 0.15) is 18.7 Å². The molecule has 136 valence electrons. The summed E-state index contributed by atoms with van der Waals surface area (Å²) in [6.07, 6.45) is 3.35. The van der Waals surface area contributed by atoms with Gasteiger partial charge in [0.25, 0.3) is 0 Å². The minimum Gasteiger partial charge on any atom is -0.496 e. The number of carbonyl (C=O) groups is 1. The van der Waals surface area contributed by atoms with Gasteiger partial charge in [0.05, 0.1) is 12.7 Å². The molecule has 0 saturated heterocycles. The zero-order valence-electron chi connectivity index (χ0n) is 14.3. The summed E-state index contributed by atoms with van der Waals surface area (Å²) in [4.78, 5) is 16.3. The number of benzene rings is 1. The molecule has 0 spiro atoms. The van der Waals surface area contributed by atoms with Gasteiger partial charge in [-0.05, 0) is 24.8 Å². The Bertz CT molecular complexity index is 880. The number of aryl methyl sites for hydroxylation is 1. The number of methoxy groups -OCH3 is 1. The predicted octanol–water partition coefficient (Wildman–Crippen LogP) is 3.28. The first kappa shape index (κ1) is 18.3. The normalized spacial score (nSPS) is 10.7. The van der Waals surface area contributed by atoms with E-state index in [1.807, 2.05) is 30.5 Å². The van der Waals surface area contributed by atoms with E-state index in [2.05, 4.69) is 25.7 Å². The van der Waals surface area contributed by atoms with Crippen LogP contribution in [0.15, 0.2) is 33.1 Å². The van der Waals surface area contributed by atoms with Crippen molar-refractivity contribution in [1.29, 1.82) is 0 Å². The molecule has 1 aromatic carbocycles. The maximum Gasteiger partial charge on any atom is 0.226 e. The number of amides is 1. The van der Waals surface area contributed by atoms with Gasteiger partial charge in [-0.25, -0.2) is 0 Å². The lowest BCUT2D eigenvalue weighted by Crippen LogP contribution is -2.11. The molecule has 0 radical (unpaired) electrons. The fourth-order valence-corrected chi connectivity index (χ4v) is 3.41. The number of rotatable bonds is 8. The Hall–Kier alpha value is -2.46. The fourth-order valence-electron chi connectivity index (χ4n) is 2.22. The molecule has 3 aromatic rings. The molecule has 0 fully saturated rings. The zero-order chi connectivity index (χ0) is 18.4. The second kappa shape index (κ2) is 8.77. The molecule has 0 saturated carbocycles. The van der Waals surface area contributed by atoms with E-state index in [0.29, 0.717) is 41.9 Å². The number of thioether (sulfide) groups is 1. The molecule has 0 unspecified atom stereocenters. The average Bonchev–Trinajstić information content (AvgIpc) is 3.31. The maximum atomic E-state index is 11.9. The van der Waals surface area contributed by atoms with Crippen LogP contribution in [-0.2, 0) is 11.2 Å². The number of aromatic nitrogens is 4. The first-order valence-corrected chi connectivity index (χ1v) is 9.87. The molecule has 0 aliphatic heterocycles. The van der Waals surface area contributed by atoms with Crippen LogP contribution in [0.4, 0.5) is 5.13 Å². The van der Waals surface area contributed by atoms with E-state index in [1.165, 1.54) is 23.1 Å². The first-order valence-electron chi connectivity index (χ1n) is 7.83. The standard InChI is InChI=1S/C16H17N5O3S2/c1-23-11-7-4-3-6-10(11)14-18-13(24-21-14)9-5-8-12(22)17-15-19-20-16(25-2)26-15/h3-4,6-7H,5,8-9H2,1-2H3,(H,17,19,22). The van der Waals surface area contributed by atoms with Crippen molar-refractivity contribution in [3.8, 4) is 17.1 Å². The highest BCUT2D eigenvalue weighted by Gasteiger charge is 2.13. The summed E-state index contributed by atoms with van der Waals surface area (Å²) < 4.78 is 11.4. The van der Waals surface area contributed by atoms with Gasteiger partial charge in [0.15, 0.2) is 4.34 Å². The molecule has 0 aliphatic carbocycles. The molecule has 0 bridgehead atoms. The van der Waals surface area contributed by atoms with Gasteiger partial charge >= 0.3 is 0 Å². The molecule has 26 heavy (non-hydrogen) atoms. The summed E-state index contributed by atoms with van der Waals surface area (Å²) in [7, 11) is 1.60. The second-order valence-electron chi connectivity index (χ2n) is 5.19. The minimum absolute atomic E-state index is 0.113. The van der Waals surface area contributed by atoms with Gasteiger partial charge in [0, 0.05) is 12.8 Å². The van der Waals surface area contributed by atoms with Crippen LogP contribution in [0.3, 0.4) is 0 Å². The predicted molar refractivity (Wildman–Crippen MR) is 99.5 cm³/mol. The molecule has 8 nitrogen and oxygen atoms in total. The highest BCUT2D eigenvalue weighted by atomic mass is 32.2. The number of ether oxygens (including phenoxy) is 1. The quantitative estimate of drug-likeness (QED) is 0.461. The van der Waals surface area contributed by atoms with Crippen molar-refractivity contribution in [2.24, 2.45) is 0 Å². The van der Waals surface area contributed by atoms with Crippen molar-refractivity contribution in [3.63, 3.8) is 0 Å². The zero-order valence-corrected chi connectivity index (χ0v) is 15.9. The number of nitrogens with one attached hydrogen (secondary N) is 1. The van der Waals surface area contributed by atoms with Crippen LogP contribution in [0.2, 0.25) is 0 Å². The minimum atomic E-state index is -0.113. The van der Waals surface area contributed by atoms with Gasteiger partial charge in [-0.15, -0.1) is 10.2 Å².